The van der Waals surface area contributed by atoms with E-state index in [9.17, 15) is 9.18 Å². The van der Waals surface area contributed by atoms with Crippen molar-refractivity contribution in [2.75, 3.05) is 0 Å². The van der Waals surface area contributed by atoms with Crippen molar-refractivity contribution in [3.05, 3.63) is 22.1 Å². The van der Waals surface area contributed by atoms with E-state index in [4.69, 9.17) is 5.11 Å². The lowest BCUT2D eigenvalue weighted by Gasteiger charge is -2.11. The largest absolute Gasteiger partial charge is 0.476 e. The van der Waals surface area contributed by atoms with Gasteiger partial charge in [0.25, 0.3) is 0 Å². The second kappa shape index (κ2) is 4.74. The minimum absolute atomic E-state index is 0.0394. The minimum atomic E-state index is -1.46. The molecule has 0 saturated carbocycles. The molecule has 2 rings (SSSR count). The molecule has 0 saturated heterocycles. The Kier molecular flexibility index (Phi) is 3.45. The van der Waals surface area contributed by atoms with E-state index in [1.165, 1.54) is 36.5 Å². The van der Waals surface area contributed by atoms with Crippen LogP contribution in [0.25, 0.3) is 10.0 Å². The van der Waals surface area contributed by atoms with Crippen LogP contribution >= 0.6 is 22.7 Å². The van der Waals surface area contributed by atoms with Gasteiger partial charge in [-0.15, -0.1) is 22.7 Å². The average Bonchev–Trinajstić information content (AvgIpc) is 2.81. The van der Waals surface area contributed by atoms with E-state index in [1.54, 1.807) is 11.6 Å². The summed E-state index contributed by atoms with van der Waals surface area (Å²) in [5.74, 6) is -1.13. The lowest BCUT2D eigenvalue weighted by molar-refractivity contribution is 0.0689. The first kappa shape index (κ1) is 13.1. The minimum Gasteiger partial charge on any atom is -0.476 e. The van der Waals surface area contributed by atoms with Crippen LogP contribution in [0.15, 0.2) is 11.6 Å². The fourth-order valence-corrected chi connectivity index (χ4v) is 3.38. The number of carboxylic acid groups (broad SMARTS) is 1. The first-order valence-corrected chi connectivity index (χ1v) is 6.88. The van der Waals surface area contributed by atoms with Crippen LogP contribution in [0, 0.1) is 0 Å². The van der Waals surface area contributed by atoms with Crippen molar-refractivity contribution >= 4 is 28.6 Å². The van der Waals surface area contributed by atoms with Gasteiger partial charge in [-0.05, 0) is 13.8 Å². The quantitative estimate of drug-likeness (QED) is 0.937. The number of halogens is 1. The normalized spacial score (nSPS) is 11.7. The molecule has 0 amide bonds. The van der Waals surface area contributed by atoms with Gasteiger partial charge in [-0.1, -0.05) is 0 Å². The van der Waals surface area contributed by atoms with Gasteiger partial charge in [0, 0.05) is 22.9 Å². The van der Waals surface area contributed by atoms with Crippen LogP contribution in [-0.4, -0.2) is 26.7 Å². The number of carboxylic acids is 1. The predicted molar refractivity (Wildman–Crippen MR) is 69.1 cm³/mol. The van der Waals surface area contributed by atoms with Crippen molar-refractivity contribution < 1.29 is 14.3 Å². The fraction of sp³-hybridized carbons (Fsp3) is 0.364. The highest BCUT2D eigenvalue weighted by atomic mass is 32.1. The van der Waals surface area contributed by atoms with Gasteiger partial charge in [0.15, 0.2) is 15.7 Å². The lowest BCUT2D eigenvalue weighted by Crippen LogP contribution is -2.16. The van der Waals surface area contributed by atoms with Gasteiger partial charge in [0.05, 0.1) is 0 Å². The molecule has 2 aromatic heterocycles. The molecule has 0 aliphatic rings. The van der Waals surface area contributed by atoms with E-state index in [0.29, 0.717) is 14.9 Å². The third-order valence-electron chi connectivity index (χ3n) is 2.10. The van der Waals surface area contributed by atoms with Gasteiger partial charge in [-0.2, -0.15) is 0 Å². The first-order chi connectivity index (χ1) is 8.37. The van der Waals surface area contributed by atoms with Gasteiger partial charge in [0.2, 0.25) is 0 Å². The summed E-state index contributed by atoms with van der Waals surface area (Å²) in [5, 5.41) is 12.1. The molecule has 96 valence electrons. The molecule has 18 heavy (non-hydrogen) atoms. The lowest BCUT2D eigenvalue weighted by atomic mass is 10.1. The van der Waals surface area contributed by atoms with Crippen LogP contribution in [0.4, 0.5) is 4.39 Å². The molecule has 0 fully saturated rings. The molecule has 4 nitrogen and oxygen atoms in total. The monoisotopic (exact) mass is 286 g/mol. The van der Waals surface area contributed by atoms with Crippen molar-refractivity contribution in [3.63, 3.8) is 0 Å². The summed E-state index contributed by atoms with van der Waals surface area (Å²) >= 11 is 2.57. The summed E-state index contributed by atoms with van der Waals surface area (Å²) in [6, 6.07) is 0. The van der Waals surface area contributed by atoms with Crippen molar-refractivity contribution in [3.8, 4) is 10.0 Å². The molecule has 0 unspecified atom stereocenters. The van der Waals surface area contributed by atoms with Crippen LogP contribution in [0.1, 0.15) is 29.2 Å². The molecule has 0 radical (unpaired) electrons. The van der Waals surface area contributed by atoms with Crippen LogP contribution in [0.5, 0.6) is 0 Å². The van der Waals surface area contributed by atoms with Crippen molar-refractivity contribution in [2.45, 2.75) is 25.9 Å². The summed E-state index contributed by atoms with van der Waals surface area (Å²) in [6.07, 6.45) is 1.66. The highest BCUT2D eigenvalue weighted by Crippen LogP contribution is 2.32. The SMILES string of the molecule is CC(C)(F)Cc1sc(-c2nccs2)nc1C(=O)O. The number of hydrogen-bond acceptors (Lipinski definition) is 5. The zero-order valence-electron chi connectivity index (χ0n) is 9.81. The first-order valence-electron chi connectivity index (χ1n) is 5.18. The maximum atomic E-state index is 13.6. The van der Waals surface area contributed by atoms with E-state index >= 15 is 0 Å². The number of carbonyl (C=O) groups is 1. The van der Waals surface area contributed by atoms with Crippen LogP contribution in [0.2, 0.25) is 0 Å². The molecular formula is C11H11FN2O2S2. The van der Waals surface area contributed by atoms with Crippen molar-refractivity contribution in [2.24, 2.45) is 0 Å². The van der Waals surface area contributed by atoms with E-state index in [0.717, 1.165) is 0 Å². The molecule has 7 heteroatoms. The molecule has 0 aliphatic heterocycles. The summed E-state index contributed by atoms with van der Waals surface area (Å²) < 4.78 is 13.6. The number of thiazole rings is 2. The number of hydrogen-bond donors (Lipinski definition) is 1. The third kappa shape index (κ3) is 2.91. The van der Waals surface area contributed by atoms with E-state index in [-0.39, 0.29) is 12.1 Å². The van der Waals surface area contributed by atoms with E-state index in [1.807, 2.05) is 0 Å². The molecule has 0 spiro atoms. The zero-order chi connectivity index (χ0) is 13.3. The Labute approximate surface area is 111 Å². The summed E-state index contributed by atoms with van der Waals surface area (Å²) in [7, 11) is 0. The van der Waals surface area contributed by atoms with Gasteiger partial charge in [0.1, 0.15) is 5.67 Å². The Morgan fingerprint density at radius 1 is 1.50 bits per heavy atom. The molecule has 0 aromatic carbocycles. The summed E-state index contributed by atoms with van der Waals surface area (Å²) in [6.45, 7) is 2.84. The standard InChI is InChI=1S/C11H11FN2O2S2/c1-11(2,12)5-6-7(10(15)16)14-9(18-6)8-13-3-4-17-8/h3-4H,5H2,1-2H3,(H,15,16). The second-order valence-electron chi connectivity index (χ2n) is 4.33. The van der Waals surface area contributed by atoms with Gasteiger partial charge in [-0.25, -0.2) is 19.2 Å². The number of alkyl halides is 1. The van der Waals surface area contributed by atoms with Gasteiger partial charge in [-0.3, -0.25) is 0 Å². The number of nitrogens with zero attached hydrogens (tertiary/aromatic N) is 2. The number of rotatable bonds is 4. The molecule has 1 N–H and O–H groups in total. The molecular weight excluding hydrogens is 275 g/mol. The predicted octanol–water partition coefficient (Wildman–Crippen LogP) is 3.26. The molecule has 2 aromatic rings. The van der Waals surface area contributed by atoms with Crippen molar-refractivity contribution in [1.29, 1.82) is 0 Å². The number of aromatic carboxylic acids is 1. The Morgan fingerprint density at radius 3 is 2.72 bits per heavy atom. The third-order valence-corrected chi connectivity index (χ3v) is 4.07. The van der Waals surface area contributed by atoms with Gasteiger partial charge < -0.3 is 5.11 Å². The summed E-state index contributed by atoms with van der Waals surface area (Å²) in [4.78, 5) is 19.7. The topological polar surface area (TPSA) is 63.1 Å². The number of aromatic nitrogens is 2. The molecule has 0 bridgehead atoms. The Balaban J connectivity index is 2.42. The summed E-state index contributed by atoms with van der Waals surface area (Å²) in [5.41, 5.74) is -1.53. The molecule has 0 aliphatic carbocycles. The van der Waals surface area contributed by atoms with Crippen LogP contribution < -0.4 is 0 Å². The molecule has 0 atom stereocenters. The maximum Gasteiger partial charge on any atom is 0.355 e. The Morgan fingerprint density at radius 2 is 2.22 bits per heavy atom. The fourth-order valence-electron chi connectivity index (χ4n) is 1.44. The van der Waals surface area contributed by atoms with E-state index < -0.39 is 11.6 Å². The van der Waals surface area contributed by atoms with Crippen LogP contribution in [0.3, 0.4) is 0 Å². The van der Waals surface area contributed by atoms with Crippen molar-refractivity contribution in [1.82, 2.24) is 9.97 Å². The Hall–Kier alpha value is -1.34. The zero-order valence-corrected chi connectivity index (χ0v) is 11.4. The van der Waals surface area contributed by atoms with Crippen LogP contribution in [-0.2, 0) is 6.42 Å². The Bertz CT molecular complexity index is 558. The maximum absolute atomic E-state index is 13.6. The smallest absolute Gasteiger partial charge is 0.355 e. The van der Waals surface area contributed by atoms with E-state index in [2.05, 4.69) is 9.97 Å². The molecule has 2 heterocycles. The highest BCUT2D eigenvalue weighted by Gasteiger charge is 2.25. The second-order valence-corrected chi connectivity index (χ2v) is 6.31. The highest BCUT2D eigenvalue weighted by molar-refractivity contribution is 7.20. The van der Waals surface area contributed by atoms with Gasteiger partial charge >= 0.3 is 5.97 Å². The average molecular weight is 286 g/mol.